The third-order valence-corrected chi connectivity index (χ3v) is 13.8. The maximum atomic E-state index is 12.9. The topological polar surface area (TPSA) is 182 Å². The number of phosphoric ester groups is 1. The van der Waals surface area contributed by atoms with Crippen molar-refractivity contribution in [3.05, 3.63) is 34.8 Å². The molecule has 1 aromatic rings. The molecular weight excluding hydrogens is 862 g/mol. The number of hydrogen-bond donors (Lipinski definition) is 2. The lowest BCUT2D eigenvalue weighted by molar-refractivity contribution is -0.870. The summed E-state index contributed by atoms with van der Waals surface area (Å²) in [5.41, 5.74) is 2.67. The monoisotopic (exact) mass is 954 g/mol. The lowest BCUT2D eigenvalue weighted by atomic mass is 9.88. The van der Waals surface area contributed by atoms with Crippen LogP contribution in [0.15, 0.2) is 16.6 Å². The quantitative estimate of drug-likeness (QED) is 0.0209. The molecule has 1 fully saturated rings. The van der Waals surface area contributed by atoms with Gasteiger partial charge in [-0.2, -0.15) is 0 Å². The number of rotatable bonds is 40. The zero-order valence-corrected chi connectivity index (χ0v) is 43.2. The highest BCUT2D eigenvalue weighted by molar-refractivity contribution is 7.45. The molecule has 0 radical (unpaired) electrons. The van der Waals surface area contributed by atoms with Gasteiger partial charge in [-0.15, -0.1) is 0 Å². The number of esters is 2. The van der Waals surface area contributed by atoms with Crippen molar-refractivity contribution in [1.29, 1.82) is 0 Å². The zero-order valence-electron chi connectivity index (χ0n) is 42.3. The number of quaternary nitrogens is 1. The Morgan fingerprint density at radius 3 is 1.89 bits per heavy atom. The lowest BCUT2D eigenvalue weighted by Gasteiger charge is -2.28. The molecule has 2 N–H and O–H groups in total. The van der Waals surface area contributed by atoms with Gasteiger partial charge < -0.3 is 42.5 Å². The average molecular weight is 954 g/mol. The Hall–Kier alpha value is -2.38. The van der Waals surface area contributed by atoms with Crippen LogP contribution in [0.1, 0.15) is 197 Å². The van der Waals surface area contributed by atoms with Crippen LogP contribution in [0.4, 0.5) is 0 Å². The molecule has 0 spiro atoms. The second-order valence-electron chi connectivity index (χ2n) is 19.9. The summed E-state index contributed by atoms with van der Waals surface area (Å²) >= 11 is 0. The Balaban J connectivity index is 1.68. The molecule has 2 rings (SSSR count). The van der Waals surface area contributed by atoms with E-state index in [-0.39, 0.29) is 50.1 Å². The number of hydrogen-bond acceptors (Lipinski definition) is 12. The van der Waals surface area contributed by atoms with E-state index in [9.17, 15) is 34.1 Å². The summed E-state index contributed by atoms with van der Waals surface area (Å²) in [4.78, 5) is 50.7. The number of aryl methyl sites for hydroxylation is 2. The molecule has 1 aliphatic rings. The van der Waals surface area contributed by atoms with Crippen LogP contribution < -0.4 is 4.89 Å². The van der Waals surface area contributed by atoms with Gasteiger partial charge in [0, 0.05) is 43.9 Å². The van der Waals surface area contributed by atoms with Gasteiger partial charge in [0.05, 0.1) is 40.0 Å². The molecule has 66 heavy (non-hydrogen) atoms. The largest absolute Gasteiger partial charge is 0.756 e. The predicted molar refractivity (Wildman–Crippen MR) is 259 cm³/mol. The van der Waals surface area contributed by atoms with Crippen LogP contribution in [-0.2, 0) is 50.3 Å². The number of nitrogens with zero attached hydrogens (tertiary/aromatic N) is 1. The van der Waals surface area contributed by atoms with Crippen molar-refractivity contribution in [1.82, 2.24) is 0 Å². The van der Waals surface area contributed by atoms with Crippen molar-refractivity contribution >= 4 is 25.5 Å². The normalized spacial score (nSPS) is 18.5. The molecule has 6 atom stereocenters. The maximum absolute atomic E-state index is 12.9. The number of carbonyl (C=O) groups excluding carboxylic acids is 3. The fraction of sp³-hybridized carbons (Fsp3) is 0.827. The first-order valence-corrected chi connectivity index (χ1v) is 27.3. The third kappa shape index (κ3) is 27.0. The molecule has 0 bridgehead atoms. The highest BCUT2D eigenvalue weighted by Gasteiger charge is 2.39. The molecular formula is C52H92NO12P. The van der Waals surface area contributed by atoms with Crippen LogP contribution in [0.5, 0.6) is 0 Å². The number of Topliss-reactive ketones (excluding diaryl/α,β-unsaturated/α-hetero) is 1. The number of unbranched alkanes of at least 4 members (excludes halogenated alkanes) is 16. The molecule has 382 valence electrons. The molecule has 13 nitrogen and oxygen atoms in total. The van der Waals surface area contributed by atoms with E-state index in [1.54, 1.807) is 6.08 Å². The molecule has 0 aliphatic heterocycles. The standard InChI is InChI=1S/C52H92NO12P/c1-8-10-22-28-43(54)34-35-46-45(47(55)38-48(46)56)29-24-20-21-27-33-52(58)64-44(40-63-66(59,60)62-37-36-53(5,6)7)39-61-51(57)32-26-19-17-15-13-12-14-16-18-25-31-50-42(4)41(3)49(65-50)30-23-11-9-2/h34-35,43-46,48,54,56H,8-33,36-40H2,1-7H3/b35-34+/t43-,44+,45+,46+,48+/m0/s1. The minimum atomic E-state index is -4.71. The Labute approximate surface area is 399 Å². The van der Waals surface area contributed by atoms with E-state index in [1.807, 2.05) is 27.2 Å². The number of carbonyl (C=O) groups is 3. The van der Waals surface area contributed by atoms with Crippen molar-refractivity contribution in [2.75, 3.05) is 47.5 Å². The van der Waals surface area contributed by atoms with Crippen molar-refractivity contribution in [2.24, 2.45) is 11.8 Å². The second-order valence-corrected chi connectivity index (χ2v) is 21.3. The Bertz CT molecular complexity index is 1570. The first kappa shape index (κ1) is 59.7. The summed E-state index contributed by atoms with van der Waals surface area (Å²) in [5.74, 6) is 0.785. The van der Waals surface area contributed by atoms with Crippen molar-refractivity contribution in [3.63, 3.8) is 0 Å². The average Bonchev–Trinajstić information content (AvgIpc) is 3.68. The highest BCUT2D eigenvalue weighted by Crippen LogP contribution is 2.38. The van der Waals surface area contributed by atoms with Crippen molar-refractivity contribution < 1.29 is 61.5 Å². The highest BCUT2D eigenvalue weighted by atomic mass is 31.2. The van der Waals surface area contributed by atoms with E-state index in [2.05, 4.69) is 27.7 Å². The number of ketones is 1. The molecule has 1 aromatic heterocycles. The van der Waals surface area contributed by atoms with E-state index < -0.39 is 44.7 Å². The fourth-order valence-electron chi connectivity index (χ4n) is 8.49. The molecule has 0 aromatic carbocycles. The Morgan fingerprint density at radius 1 is 0.773 bits per heavy atom. The second kappa shape index (κ2) is 34.0. The van der Waals surface area contributed by atoms with E-state index >= 15 is 0 Å². The number of ether oxygens (including phenoxy) is 2. The van der Waals surface area contributed by atoms with Gasteiger partial charge in [0.25, 0.3) is 7.82 Å². The van der Waals surface area contributed by atoms with E-state index in [1.165, 1.54) is 74.0 Å². The van der Waals surface area contributed by atoms with Gasteiger partial charge in [0.2, 0.25) is 0 Å². The number of phosphoric acid groups is 1. The van der Waals surface area contributed by atoms with Crippen LogP contribution in [0.3, 0.4) is 0 Å². The summed E-state index contributed by atoms with van der Waals surface area (Å²) < 4.78 is 40.3. The molecule has 1 heterocycles. The van der Waals surface area contributed by atoms with Crippen LogP contribution in [0.25, 0.3) is 0 Å². The lowest BCUT2D eigenvalue weighted by Crippen LogP contribution is -2.37. The summed E-state index contributed by atoms with van der Waals surface area (Å²) in [5, 5.41) is 20.8. The number of aliphatic hydroxyl groups is 2. The Kier molecular flexibility index (Phi) is 30.8. The zero-order chi connectivity index (χ0) is 48.8. The van der Waals surface area contributed by atoms with E-state index in [4.69, 9.17) is 22.9 Å². The SMILES string of the molecule is CCCCCc1oc(CCCCCCCCCCCCC(=O)OC[C@H](COP(=O)([O-])OCC[N+](C)(C)C)OC(=O)CCCCCC[C@H]2C(=O)C[C@@H](O)[C@@H]2/C=C/[C@@H](O)CCCCC)c(C)c1C. The van der Waals surface area contributed by atoms with Gasteiger partial charge in [0.1, 0.15) is 37.1 Å². The van der Waals surface area contributed by atoms with Gasteiger partial charge in [-0.05, 0) is 63.5 Å². The van der Waals surface area contributed by atoms with Crippen molar-refractivity contribution in [2.45, 2.75) is 219 Å². The van der Waals surface area contributed by atoms with Gasteiger partial charge in [0.15, 0.2) is 6.10 Å². The third-order valence-electron chi connectivity index (χ3n) is 12.9. The van der Waals surface area contributed by atoms with Gasteiger partial charge >= 0.3 is 11.9 Å². The predicted octanol–water partition coefficient (Wildman–Crippen LogP) is 10.5. The van der Waals surface area contributed by atoms with E-state index in [0.717, 1.165) is 70.6 Å². The molecule has 1 aliphatic carbocycles. The Morgan fingerprint density at radius 2 is 1.30 bits per heavy atom. The van der Waals surface area contributed by atoms with Crippen LogP contribution >= 0.6 is 7.82 Å². The molecule has 0 saturated heterocycles. The molecule has 1 saturated carbocycles. The minimum Gasteiger partial charge on any atom is -0.756 e. The molecule has 1 unspecified atom stereocenters. The number of furan rings is 1. The summed E-state index contributed by atoms with van der Waals surface area (Å²) in [6, 6.07) is 0. The first-order chi connectivity index (χ1) is 31.5. The van der Waals surface area contributed by atoms with Gasteiger partial charge in [-0.25, -0.2) is 0 Å². The van der Waals surface area contributed by atoms with Crippen LogP contribution in [-0.4, -0.2) is 98.2 Å². The van der Waals surface area contributed by atoms with Crippen LogP contribution in [0.2, 0.25) is 0 Å². The van der Waals surface area contributed by atoms with Crippen LogP contribution in [0, 0.1) is 25.7 Å². The van der Waals surface area contributed by atoms with Gasteiger partial charge in [-0.1, -0.05) is 129 Å². The number of likely N-dealkylation sites (N-methyl/N-ethyl adjacent to an activating group) is 1. The fourth-order valence-corrected chi connectivity index (χ4v) is 9.22. The molecule has 0 amide bonds. The maximum Gasteiger partial charge on any atom is 0.306 e. The molecule has 14 heteroatoms. The number of aliphatic hydroxyl groups excluding tert-OH is 2. The van der Waals surface area contributed by atoms with E-state index in [0.29, 0.717) is 43.1 Å². The summed E-state index contributed by atoms with van der Waals surface area (Å²) in [6.45, 7) is 8.20. The van der Waals surface area contributed by atoms with Gasteiger partial charge in [-0.3, -0.25) is 18.9 Å². The smallest absolute Gasteiger partial charge is 0.306 e. The minimum absolute atomic E-state index is 0.0397. The van der Waals surface area contributed by atoms with Crippen molar-refractivity contribution in [3.8, 4) is 0 Å². The first-order valence-electron chi connectivity index (χ1n) is 25.9. The summed E-state index contributed by atoms with van der Waals surface area (Å²) in [6.07, 6.45) is 25.2. The summed E-state index contributed by atoms with van der Waals surface area (Å²) in [7, 11) is 1.01.